The van der Waals surface area contributed by atoms with Gasteiger partial charge in [-0.25, -0.2) is 0 Å². The molecule has 0 amide bonds. The van der Waals surface area contributed by atoms with Crippen molar-refractivity contribution in [3.8, 4) is 28.0 Å². The van der Waals surface area contributed by atoms with Crippen LogP contribution in [0.3, 0.4) is 0 Å². The zero-order valence-corrected chi connectivity index (χ0v) is 12.9. The lowest BCUT2D eigenvalue weighted by atomic mass is 9.94. The van der Waals surface area contributed by atoms with E-state index in [9.17, 15) is 0 Å². The zero-order valence-electron chi connectivity index (χ0n) is 12.9. The molecular weight excluding hydrogens is 282 g/mol. The van der Waals surface area contributed by atoms with E-state index in [1.54, 1.807) is 7.11 Å². The molecule has 0 aliphatic heterocycles. The highest BCUT2D eigenvalue weighted by molar-refractivity contribution is 6.00. The molecule has 0 spiro atoms. The van der Waals surface area contributed by atoms with Crippen LogP contribution in [0, 0.1) is 0 Å². The molecule has 0 bridgehead atoms. The molecule has 0 saturated carbocycles. The molecule has 1 aromatic heterocycles. The summed E-state index contributed by atoms with van der Waals surface area (Å²) < 4.78 is 5.45. The molecule has 0 unspecified atom stereocenters. The van der Waals surface area contributed by atoms with Crippen LogP contribution in [0.5, 0.6) is 5.75 Å². The minimum Gasteiger partial charge on any atom is -0.497 e. The summed E-state index contributed by atoms with van der Waals surface area (Å²) >= 11 is 0. The zero-order chi connectivity index (χ0) is 15.6. The molecule has 23 heavy (non-hydrogen) atoms. The largest absolute Gasteiger partial charge is 0.497 e. The van der Waals surface area contributed by atoms with Gasteiger partial charge in [-0.15, -0.1) is 0 Å². The average Bonchev–Trinajstić information content (AvgIpc) is 3.06. The molecule has 0 aliphatic rings. The Labute approximate surface area is 135 Å². The minimum absolute atomic E-state index is 0.866. The van der Waals surface area contributed by atoms with Crippen LogP contribution in [0.1, 0.15) is 0 Å². The van der Waals surface area contributed by atoms with Crippen molar-refractivity contribution in [2.45, 2.75) is 0 Å². The third-order valence-electron chi connectivity index (χ3n) is 4.19. The van der Waals surface area contributed by atoms with Crippen molar-refractivity contribution in [3.05, 3.63) is 79.0 Å². The van der Waals surface area contributed by atoms with Crippen LogP contribution in [0.15, 0.2) is 79.0 Å². The van der Waals surface area contributed by atoms with Crippen molar-refractivity contribution in [2.75, 3.05) is 7.11 Å². The highest BCUT2D eigenvalue weighted by Gasteiger charge is 2.12. The molecule has 112 valence electrons. The lowest BCUT2D eigenvalue weighted by molar-refractivity contribution is 0.415. The molecule has 4 rings (SSSR count). The van der Waals surface area contributed by atoms with Gasteiger partial charge in [-0.05, 0) is 34.9 Å². The van der Waals surface area contributed by atoms with Gasteiger partial charge in [0.1, 0.15) is 5.75 Å². The van der Waals surface area contributed by atoms with Gasteiger partial charge >= 0.3 is 0 Å². The van der Waals surface area contributed by atoms with E-state index in [1.807, 2.05) is 18.2 Å². The SMILES string of the molecule is COc1ccc(-c2ccccc2)c(-c2c[nH]c3ccccc23)c1. The molecule has 0 radical (unpaired) electrons. The number of ether oxygens (including phenoxy) is 1. The topological polar surface area (TPSA) is 25.0 Å². The Bertz CT molecular complexity index is 954. The predicted molar refractivity (Wildman–Crippen MR) is 95.7 cm³/mol. The number of methoxy groups -OCH3 is 1. The summed E-state index contributed by atoms with van der Waals surface area (Å²) in [6.07, 6.45) is 2.08. The third kappa shape index (κ3) is 2.38. The standard InChI is InChI=1S/C21H17NO/c1-23-16-11-12-17(15-7-3-2-4-8-15)19(13-16)20-14-22-21-10-6-5-9-18(20)21/h2-14,22H,1H3. The van der Waals surface area contributed by atoms with Gasteiger partial charge in [0.25, 0.3) is 0 Å². The minimum atomic E-state index is 0.866. The van der Waals surface area contributed by atoms with E-state index < -0.39 is 0 Å². The Morgan fingerprint density at radius 3 is 2.35 bits per heavy atom. The first-order valence-corrected chi connectivity index (χ1v) is 7.67. The number of H-pyrrole nitrogens is 1. The first-order chi connectivity index (χ1) is 11.4. The summed E-state index contributed by atoms with van der Waals surface area (Å²) in [6, 6.07) is 25.1. The number of fused-ring (bicyclic) bond motifs is 1. The van der Waals surface area contributed by atoms with Crippen LogP contribution >= 0.6 is 0 Å². The van der Waals surface area contributed by atoms with Crippen molar-refractivity contribution in [1.29, 1.82) is 0 Å². The summed E-state index contributed by atoms with van der Waals surface area (Å²) in [5.41, 5.74) is 5.92. The Kier molecular flexibility index (Phi) is 3.35. The molecule has 3 aromatic carbocycles. The number of rotatable bonds is 3. The second-order valence-corrected chi connectivity index (χ2v) is 5.53. The van der Waals surface area contributed by atoms with E-state index in [4.69, 9.17) is 4.74 Å². The molecule has 0 fully saturated rings. The van der Waals surface area contributed by atoms with Crippen LogP contribution in [0.4, 0.5) is 0 Å². The van der Waals surface area contributed by atoms with Crippen LogP contribution in [-0.2, 0) is 0 Å². The van der Waals surface area contributed by atoms with Crippen LogP contribution in [0.2, 0.25) is 0 Å². The Morgan fingerprint density at radius 1 is 0.739 bits per heavy atom. The molecule has 1 heterocycles. The van der Waals surface area contributed by atoms with Crippen LogP contribution < -0.4 is 4.74 Å². The monoisotopic (exact) mass is 299 g/mol. The lowest BCUT2D eigenvalue weighted by Gasteiger charge is -2.11. The Hall–Kier alpha value is -3.00. The van der Waals surface area contributed by atoms with Gasteiger partial charge in [0, 0.05) is 22.7 Å². The van der Waals surface area contributed by atoms with Crippen LogP contribution in [0.25, 0.3) is 33.2 Å². The Balaban J connectivity index is 1.99. The van der Waals surface area contributed by atoms with Gasteiger partial charge in [-0.2, -0.15) is 0 Å². The summed E-state index contributed by atoms with van der Waals surface area (Å²) in [4.78, 5) is 3.36. The highest BCUT2D eigenvalue weighted by atomic mass is 16.5. The fraction of sp³-hybridized carbons (Fsp3) is 0.0476. The lowest BCUT2D eigenvalue weighted by Crippen LogP contribution is -1.88. The van der Waals surface area contributed by atoms with E-state index >= 15 is 0 Å². The number of hydrogen-bond acceptors (Lipinski definition) is 1. The normalized spacial score (nSPS) is 10.8. The average molecular weight is 299 g/mol. The van der Waals surface area contributed by atoms with E-state index in [-0.39, 0.29) is 0 Å². The maximum Gasteiger partial charge on any atom is 0.119 e. The quantitative estimate of drug-likeness (QED) is 0.530. The molecule has 0 saturated heterocycles. The number of aromatic nitrogens is 1. The summed E-state index contributed by atoms with van der Waals surface area (Å²) in [6.45, 7) is 0. The first kappa shape index (κ1) is 13.6. The maximum absolute atomic E-state index is 5.45. The fourth-order valence-corrected chi connectivity index (χ4v) is 3.04. The number of aromatic amines is 1. The molecule has 4 aromatic rings. The summed E-state index contributed by atoms with van der Waals surface area (Å²) in [7, 11) is 1.70. The van der Waals surface area contributed by atoms with Gasteiger partial charge in [0.05, 0.1) is 7.11 Å². The fourth-order valence-electron chi connectivity index (χ4n) is 3.04. The second kappa shape index (κ2) is 5.65. The third-order valence-corrected chi connectivity index (χ3v) is 4.19. The number of benzene rings is 3. The maximum atomic E-state index is 5.45. The van der Waals surface area contributed by atoms with Gasteiger partial charge in [-0.1, -0.05) is 54.6 Å². The van der Waals surface area contributed by atoms with Crippen molar-refractivity contribution in [1.82, 2.24) is 4.98 Å². The number of para-hydroxylation sites is 1. The van der Waals surface area contributed by atoms with E-state index in [0.29, 0.717) is 0 Å². The van der Waals surface area contributed by atoms with Crippen LogP contribution in [-0.4, -0.2) is 12.1 Å². The van der Waals surface area contributed by atoms with E-state index in [2.05, 4.69) is 65.8 Å². The predicted octanol–water partition coefficient (Wildman–Crippen LogP) is 5.51. The molecule has 0 atom stereocenters. The summed E-state index contributed by atoms with van der Waals surface area (Å²) in [5.74, 6) is 0.866. The second-order valence-electron chi connectivity index (χ2n) is 5.53. The van der Waals surface area contributed by atoms with Crippen molar-refractivity contribution < 1.29 is 4.74 Å². The van der Waals surface area contributed by atoms with E-state index in [0.717, 1.165) is 11.3 Å². The van der Waals surface area contributed by atoms with Crippen molar-refractivity contribution >= 4 is 10.9 Å². The van der Waals surface area contributed by atoms with Gasteiger partial charge in [0.2, 0.25) is 0 Å². The number of nitrogens with one attached hydrogen (secondary N) is 1. The summed E-state index contributed by atoms with van der Waals surface area (Å²) in [5, 5.41) is 1.22. The van der Waals surface area contributed by atoms with Gasteiger partial charge in [-0.3, -0.25) is 0 Å². The van der Waals surface area contributed by atoms with E-state index in [1.165, 1.54) is 27.6 Å². The highest BCUT2D eigenvalue weighted by Crippen LogP contribution is 2.38. The molecule has 1 N–H and O–H groups in total. The first-order valence-electron chi connectivity index (χ1n) is 7.67. The van der Waals surface area contributed by atoms with Crippen molar-refractivity contribution in [2.24, 2.45) is 0 Å². The molecule has 2 heteroatoms. The Morgan fingerprint density at radius 2 is 1.52 bits per heavy atom. The molecule has 0 aliphatic carbocycles. The number of hydrogen-bond donors (Lipinski definition) is 1. The molecular formula is C21H17NO. The molecule has 2 nitrogen and oxygen atoms in total. The van der Waals surface area contributed by atoms with Crippen molar-refractivity contribution in [3.63, 3.8) is 0 Å². The smallest absolute Gasteiger partial charge is 0.119 e. The van der Waals surface area contributed by atoms with Gasteiger partial charge in [0.15, 0.2) is 0 Å². The van der Waals surface area contributed by atoms with Gasteiger partial charge < -0.3 is 9.72 Å².